The first-order chi connectivity index (χ1) is 11.2. The standard InChI is InChI=1S/C14H10F3N3O4/c15-14(16,17)13(18-19-13)9-3-1-8(2-4-9)7-12(23)24-20-10(21)5-6-11(20)22/h1-4H,5-7H2. The lowest BCUT2D eigenvalue weighted by molar-refractivity contribution is -0.197. The van der Waals surface area contributed by atoms with Gasteiger partial charge in [0, 0.05) is 18.4 Å². The highest BCUT2D eigenvalue weighted by Gasteiger charge is 2.65. The number of carbonyl (C=O) groups is 3. The fourth-order valence-electron chi connectivity index (χ4n) is 2.26. The molecule has 0 N–H and O–H groups in total. The largest absolute Gasteiger partial charge is 0.442 e. The van der Waals surface area contributed by atoms with Crippen molar-refractivity contribution in [1.82, 2.24) is 5.06 Å². The van der Waals surface area contributed by atoms with E-state index in [4.69, 9.17) is 0 Å². The molecule has 2 aliphatic rings. The van der Waals surface area contributed by atoms with E-state index < -0.39 is 29.6 Å². The summed E-state index contributed by atoms with van der Waals surface area (Å²) in [6, 6.07) is 4.95. The molecule has 0 aliphatic carbocycles. The lowest BCUT2D eigenvalue weighted by Gasteiger charge is -2.15. The van der Waals surface area contributed by atoms with Crippen molar-refractivity contribution in [2.24, 2.45) is 10.2 Å². The van der Waals surface area contributed by atoms with E-state index in [2.05, 4.69) is 15.1 Å². The molecule has 0 unspecified atom stereocenters. The van der Waals surface area contributed by atoms with Gasteiger partial charge in [0.05, 0.1) is 6.42 Å². The summed E-state index contributed by atoms with van der Waals surface area (Å²) in [7, 11) is 0. The first-order valence-corrected chi connectivity index (χ1v) is 6.90. The van der Waals surface area contributed by atoms with Gasteiger partial charge in [0.2, 0.25) is 0 Å². The van der Waals surface area contributed by atoms with Gasteiger partial charge in [-0.1, -0.05) is 24.3 Å². The van der Waals surface area contributed by atoms with Crippen molar-refractivity contribution in [1.29, 1.82) is 0 Å². The summed E-state index contributed by atoms with van der Waals surface area (Å²) in [6.07, 6.45) is -4.96. The van der Waals surface area contributed by atoms with Crippen LogP contribution in [0.4, 0.5) is 13.2 Å². The van der Waals surface area contributed by atoms with Crippen molar-refractivity contribution < 1.29 is 32.4 Å². The smallest absolute Gasteiger partial charge is 0.330 e. The van der Waals surface area contributed by atoms with Crippen LogP contribution in [-0.2, 0) is 31.3 Å². The third-order valence-electron chi connectivity index (χ3n) is 3.60. The summed E-state index contributed by atoms with van der Waals surface area (Å²) in [5, 5.41) is 6.57. The van der Waals surface area contributed by atoms with E-state index >= 15 is 0 Å². The number of hydrogen-bond acceptors (Lipinski definition) is 6. The molecule has 126 valence electrons. The summed E-state index contributed by atoms with van der Waals surface area (Å²) in [5.74, 6) is -2.07. The fourth-order valence-corrected chi connectivity index (χ4v) is 2.26. The molecule has 0 bridgehead atoms. The second-order valence-corrected chi connectivity index (χ2v) is 5.29. The zero-order chi connectivity index (χ0) is 17.5. The van der Waals surface area contributed by atoms with Gasteiger partial charge in [0.25, 0.3) is 11.8 Å². The van der Waals surface area contributed by atoms with E-state index in [1.165, 1.54) is 24.3 Å². The Bertz CT molecular complexity index is 721. The summed E-state index contributed by atoms with van der Waals surface area (Å²) in [5.41, 5.74) is -2.31. The monoisotopic (exact) mass is 341 g/mol. The van der Waals surface area contributed by atoms with Gasteiger partial charge in [-0.25, -0.2) is 4.79 Å². The molecule has 2 heterocycles. The number of alkyl halides is 3. The van der Waals surface area contributed by atoms with Gasteiger partial charge < -0.3 is 4.84 Å². The topological polar surface area (TPSA) is 88.4 Å². The van der Waals surface area contributed by atoms with E-state index in [-0.39, 0.29) is 24.8 Å². The van der Waals surface area contributed by atoms with Crippen molar-refractivity contribution in [2.45, 2.75) is 31.1 Å². The molecule has 0 aromatic heterocycles. The number of carbonyl (C=O) groups excluding carboxylic acids is 3. The average Bonchev–Trinajstić information content (AvgIpc) is 3.27. The third-order valence-corrected chi connectivity index (χ3v) is 3.60. The molecular formula is C14H10F3N3O4. The highest BCUT2D eigenvalue weighted by Crippen LogP contribution is 2.52. The van der Waals surface area contributed by atoms with Crippen LogP contribution in [0.1, 0.15) is 24.0 Å². The number of imide groups is 1. The molecule has 1 aromatic carbocycles. The van der Waals surface area contributed by atoms with Crippen molar-refractivity contribution >= 4 is 17.8 Å². The van der Waals surface area contributed by atoms with Crippen LogP contribution in [0.25, 0.3) is 0 Å². The van der Waals surface area contributed by atoms with Crippen molar-refractivity contribution in [2.75, 3.05) is 0 Å². The average molecular weight is 341 g/mol. The van der Waals surface area contributed by atoms with Gasteiger partial charge in [-0.2, -0.15) is 13.2 Å². The normalized spacial score (nSPS) is 18.9. The van der Waals surface area contributed by atoms with E-state index in [1.54, 1.807) is 0 Å². The van der Waals surface area contributed by atoms with Gasteiger partial charge in [-0.3, -0.25) is 9.59 Å². The molecule has 0 spiro atoms. The minimum absolute atomic E-state index is 0.0205. The molecule has 0 radical (unpaired) electrons. The fraction of sp³-hybridized carbons (Fsp3) is 0.357. The molecule has 3 rings (SSSR count). The van der Waals surface area contributed by atoms with Crippen LogP contribution in [0, 0.1) is 0 Å². The van der Waals surface area contributed by atoms with Crippen LogP contribution in [-0.4, -0.2) is 29.0 Å². The maximum absolute atomic E-state index is 12.9. The van der Waals surface area contributed by atoms with Crippen molar-refractivity contribution in [3.8, 4) is 0 Å². The Morgan fingerprint density at radius 1 is 1.12 bits per heavy atom. The maximum Gasteiger partial charge on any atom is 0.442 e. The molecule has 1 saturated heterocycles. The predicted molar refractivity (Wildman–Crippen MR) is 69.9 cm³/mol. The Morgan fingerprint density at radius 3 is 2.12 bits per heavy atom. The molecule has 0 atom stereocenters. The Balaban J connectivity index is 1.64. The molecule has 24 heavy (non-hydrogen) atoms. The van der Waals surface area contributed by atoms with E-state index in [0.717, 1.165) is 0 Å². The number of halogens is 3. The second-order valence-electron chi connectivity index (χ2n) is 5.29. The molecule has 2 amide bonds. The molecule has 1 aromatic rings. The van der Waals surface area contributed by atoms with Crippen LogP contribution in [0.5, 0.6) is 0 Å². The predicted octanol–water partition coefficient (Wildman–Crippen LogP) is 2.02. The second kappa shape index (κ2) is 5.39. The molecule has 10 heteroatoms. The van der Waals surface area contributed by atoms with E-state index in [9.17, 15) is 27.6 Å². The maximum atomic E-state index is 12.9. The van der Waals surface area contributed by atoms with Crippen LogP contribution in [0.15, 0.2) is 34.5 Å². The first-order valence-electron chi connectivity index (χ1n) is 6.90. The molecule has 1 fully saturated rings. The summed E-state index contributed by atoms with van der Waals surface area (Å²) in [6.45, 7) is 0. The molecule has 7 nitrogen and oxygen atoms in total. The number of amides is 2. The third kappa shape index (κ3) is 2.74. The summed E-state index contributed by atoms with van der Waals surface area (Å²) < 4.78 is 38.6. The number of benzene rings is 1. The lowest BCUT2D eigenvalue weighted by Crippen LogP contribution is -2.32. The number of rotatable bonds is 4. The number of hydroxylamine groups is 2. The van der Waals surface area contributed by atoms with Gasteiger partial charge in [-0.15, -0.1) is 15.3 Å². The first kappa shape index (κ1) is 16.1. The quantitative estimate of drug-likeness (QED) is 0.784. The Kier molecular flexibility index (Phi) is 3.61. The van der Waals surface area contributed by atoms with Gasteiger partial charge in [-0.05, 0) is 5.56 Å². The molecule has 0 saturated carbocycles. The number of nitrogens with zero attached hydrogens (tertiary/aromatic N) is 3. The minimum Gasteiger partial charge on any atom is -0.330 e. The summed E-state index contributed by atoms with van der Waals surface area (Å²) in [4.78, 5) is 39.1. The zero-order valence-corrected chi connectivity index (χ0v) is 12.0. The summed E-state index contributed by atoms with van der Waals surface area (Å²) >= 11 is 0. The molecular weight excluding hydrogens is 331 g/mol. The SMILES string of the molecule is O=C(Cc1ccc(C2(C(F)(F)F)N=N2)cc1)ON1C(=O)CCC1=O. The van der Waals surface area contributed by atoms with Gasteiger partial charge in [0.15, 0.2) is 0 Å². The van der Waals surface area contributed by atoms with Crippen molar-refractivity contribution in [3.05, 3.63) is 35.4 Å². The molecule has 2 aliphatic heterocycles. The highest BCUT2D eigenvalue weighted by molar-refractivity contribution is 6.01. The van der Waals surface area contributed by atoms with Crippen molar-refractivity contribution in [3.63, 3.8) is 0 Å². The van der Waals surface area contributed by atoms with Crippen LogP contribution >= 0.6 is 0 Å². The minimum atomic E-state index is -4.62. The lowest BCUT2D eigenvalue weighted by atomic mass is 10.0. The van der Waals surface area contributed by atoms with E-state index in [1.807, 2.05) is 0 Å². The van der Waals surface area contributed by atoms with Gasteiger partial charge in [0.1, 0.15) is 0 Å². The highest BCUT2D eigenvalue weighted by atomic mass is 19.4. The van der Waals surface area contributed by atoms with Gasteiger partial charge >= 0.3 is 17.8 Å². The Labute approximate surface area is 133 Å². The van der Waals surface area contributed by atoms with Crippen LogP contribution in [0.2, 0.25) is 0 Å². The van der Waals surface area contributed by atoms with Crippen LogP contribution < -0.4 is 0 Å². The van der Waals surface area contributed by atoms with E-state index in [0.29, 0.717) is 10.6 Å². The number of hydrogen-bond donors (Lipinski definition) is 0. The Hall–Kier alpha value is -2.78. The Morgan fingerprint density at radius 2 is 1.67 bits per heavy atom. The zero-order valence-electron chi connectivity index (χ0n) is 12.0. The van der Waals surface area contributed by atoms with Crippen LogP contribution in [0.3, 0.4) is 0 Å².